The molecule has 4 aromatic rings. The molecule has 0 spiro atoms. The van der Waals surface area contributed by atoms with Crippen LogP contribution in [-0.4, -0.2) is 81.6 Å². The smallest absolute Gasteiger partial charge is 0.416 e. The Morgan fingerprint density at radius 3 is 2.49 bits per heavy atom. The molecule has 14 nitrogen and oxygen atoms in total. The van der Waals surface area contributed by atoms with Crippen molar-refractivity contribution in [3.05, 3.63) is 82.3 Å². The highest BCUT2D eigenvalue weighted by molar-refractivity contribution is 6.06. The number of nitrogens with two attached hydrogens (primary N) is 1. The zero-order valence-corrected chi connectivity index (χ0v) is 35.6. The summed E-state index contributed by atoms with van der Waals surface area (Å²) in [5, 5.41) is 5.92. The van der Waals surface area contributed by atoms with Crippen LogP contribution >= 0.6 is 0 Å². The van der Waals surface area contributed by atoms with E-state index in [2.05, 4.69) is 20.6 Å². The number of aryl methyl sites for hydroxylation is 1. The molecule has 3 aromatic carbocycles. The Hall–Kier alpha value is -6.26. The first-order chi connectivity index (χ1) is 30.1. The third kappa shape index (κ3) is 10.5. The van der Waals surface area contributed by atoms with Crippen LogP contribution in [0.4, 0.5) is 24.5 Å². The molecule has 5 amide bonds. The predicted molar refractivity (Wildman–Crippen MR) is 228 cm³/mol. The van der Waals surface area contributed by atoms with Crippen LogP contribution in [0.3, 0.4) is 0 Å². The minimum Gasteiger partial charge on any atom is -0.493 e. The third-order valence-corrected chi connectivity index (χ3v) is 12.0. The summed E-state index contributed by atoms with van der Waals surface area (Å²) in [5.74, 6) is -0.179. The van der Waals surface area contributed by atoms with Gasteiger partial charge in [0.25, 0.3) is 5.91 Å². The highest BCUT2D eigenvalue weighted by Crippen LogP contribution is 2.38. The summed E-state index contributed by atoms with van der Waals surface area (Å²) in [5.41, 5.74) is 8.43. The lowest BCUT2D eigenvalue weighted by molar-refractivity contribution is -0.138. The number of halogens is 3. The van der Waals surface area contributed by atoms with Gasteiger partial charge in [0.1, 0.15) is 18.0 Å². The van der Waals surface area contributed by atoms with Crippen molar-refractivity contribution >= 4 is 51.8 Å². The van der Waals surface area contributed by atoms with Gasteiger partial charge >= 0.3 is 6.18 Å². The van der Waals surface area contributed by atoms with Crippen LogP contribution in [-0.2, 0) is 38.3 Å². The molecule has 7 rings (SSSR count). The van der Waals surface area contributed by atoms with Gasteiger partial charge in [0, 0.05) is 72.7 Å². The highest BCUT2D eigenvalue weighted by Gasteiger charge is 2.40. The van der Waals surface area contributed by atoms with Crippen molar-refractivity contribution < 1.29 is 46.6 Å². The van der Waals surface area contributed by atoms with E-state index in [0.29, 0.717) is 108 Å². The van der Waals surface area contributed by atoms with E-state index >= 15 is 0 Å². The van der Waals surface area contributed by atoms with Gasteiger partial charge in [-0.1, -0.05) is 32.3 Å². The van der Waals surface area contributed by atoms with Crippen molar-refractivity contribution in [3.63, 3.8) is 0 Å². The molecule has 1 aromatic heterocycles. The molecule has 0 aliphatic carbocycles. The van der Waals surface area contributed by atoms with E-state index in [0.717, 1.165) is 31.4 Å². The number of carbonyl (C=O) groups excluding carboxylic acids is 5. The number of nitrogens with zero attached hydrogens (tertiary/aromatic N) is 4. The second-order valence-corrected chi connectivity index (χ2v) is 16.6. The van der Waals surface area contributed by atoms with E-state index in [1.807, 2.05) is 6.92 Å². The number of amides is 5. The second kappa shape index (κ2) is 19.0. The number of anilines is 2. The van der Waals surface area contributed by atoms with E-state index in [1.165, 1.54) is 12.0 Å². The van der Waals surface area contributed by atoms with Crippen molar-refractivity contribution in [2.45, 2.75) is 115 Å². The maximum atomic E-state index is 13.6. The number of methoxy groups -OCH3 is 1. The first-order valence-corrected chi connectivity index (χ1v) is 21.4. The molecule has 3 atom stereocenters. The number of hydrogen-bond acceptors (Lipinski definition) is 10. The van der Waals surface area contributed by atoms with Crippen molar-refractivity contribution in [2.75, 3.05) is 31.2 Å². The molecule has 4 heterocycles. The Morgan fingerprint density at radius 2 is 1.75 bits per heavy atom. The number of piperidine rings is 1. The average molecular weight is 872 g/mol. The number of rotatable bonds is 16. The van der Waals surface area contributed by atoms with E-state index in [4.69, 9.17) is 15.2 Å². The lowest BCUT2D eigenvalue weighted by Gasteiger charge is -2.29. The number of fused-ring (bicyclic) bond motifs is 2. The van der Waals surface area contributed by atoms with E-state index in [1.54, 1.807) is 48.2 Å². The number of aromatic nitrogens is 2. The molecule has 63 heavy (non-hydrogen) atoms. The number of benzene rings is 3. The molecule has 3 aliphatic rings. The summed E-state index contributed by atoms with van der Waals surface area (Å²) < 4.78 is 52.8. The third-order valence-electron chi connectivity index (χ3n) is 12.0. The number of carbonyl (C=O) groups is 5. The minimum atomic E-state index is -4.53. The molecule has 4 N–H and O–H groups in total. The Balaban J connectivity index is 0.853. The van der Waals surface area contributed by atoms with Gasteiger partial charge in [-0.15, -0.1) is 0 Å². The molecular formula is C46H52F3N7O7. The molecular weight excluding hydrogens is 820 g/mol. The van der Waals surface area contributed by atoms with Crippen molar-refractivity contribution in [1.82, 2.24) is 25.1 Å². The highest BCUT2D eigenvalue weighted by atomic mass is 19.4. The van der Waals surface area contributed by atoms with Crippen LogP contribution in [0.15, 0.2) is 48.5 Å². The number of nitrogen functional groups attached to an aromatic ring is 1. The van der Waals surface area contributed by atoms with Gasteiger partial charge in [0.15, 0.2) is 11.5 Å². The molecule has 0 bridgehead atoms. The van der Waals surface area contributed by atoms with Crippen LogP contribution in [0.5, 0.6) is 11.5 Å². The number of imide groups is 1. The Labute approximate surface area is 363 Å². The van der Waals surface area contributed by atoms with Gasteiger partial charge in [-0.05, 0) is 80.5 Å². The van der Waals surface area contributed by atoms with Crippen LogP contribution in [0.2, 0.25) is 0 Å². The number of alkyl halides is 3. The SMILES string of the molecule is COc1cc2nc(C)nc(C[C@H](C)c3cc(N)cc(C(F)(F)F)c3)c2cc1O[C@H]1CCN(C(=O)CCCCCCCC(=O)Nc2cccc3c2CN(C2CCC(=O)NC2=O)C3=O)C1. The largest absolute Gasteiger partial charge is 0.493 e. The number of ether oxygens (including phenoxy) is 2. The molecule has 3 aliphatic heterocycles. The Bertz CT molecular complexity index is 2430. The fourth-order valence-corrected chi connectivity index (χ4v) is 8.66. The van der Waals surface area contributed by atoms with E-state index in [9.17, 15) is 37.1 Å². The van der Waals surface area contributed by atoms with Crippen molar-refractivity contribution in [1.29, 1.82) is 0 Å². The van der Waals surface area contributed by atoms with Crippen LogP contribution in [0.1, 0.15) is 116 Å². The maximum absolute atomic E-state index is 13.6. The van der Waals surface area contributed by atoms with Gasteiger partial charge in [-0.25, -0.2) is 9.97 Å². The minimum absolute atomic E-state index is 0.0358. The van der Waals surface area contributed by atoms with Crippen LogP contribution in [0, 0.1) is 6.92 Å². The van der Waals surface area contributed by atoms with Crippen molar-refractivity contribution in [3.8, 4) is 11.5 Å². The fourth-order valence-electron chi connectivity index (χ4n) is 8.66. The fraction of sp³-hybridized carbons (Fsp3) is 0.457. The number of likely N-dealkylation sites (tertiary alicyclic amines) is 1. The van der Waals surface area contributed by atoms with Gasteiger partial charge in [-0.2, -0.15) is 13.2 Å². The lowest BCUT2D eigenvalue weighted by Crippen LogP contribution is -2.52. The van der Waals surface area contributed by atoms with Gasteiger partial charge in [-0.3, -0.25) is 29.3 Å². The monoisotopic (exact) mass is 871 g/mol. The molecule has 0 saturated carbocycles. The number of unbranched alkanes of at least 4 members (excludes halogenated alkanes) is 4. The molecule has 17 heteroatoms. The summed E-state index contributed by atoms with van der Waals surface area (Å²) in [6.07, 6.45) is 1.15. The summed E-state index contributed by atoms with van der Waals surface area (Å²) >= 11 is 0. The quantitative estimate of drug-likeness (QED) is 0.0601. The molecule has 2 saturated heterocycles. The predicted octanol–water partition coefficient (Wildman–Crippen LogP) is 7.00. The van der Waals surface area contributed by atoms with Crippen LogP contribution in [0.25, 0.3) is 10.9 Å². The average Bonchev–Trinajstić information content (AvgIpc) is 3.84. The van der Waals surface area contributed by atoms with Gasteiger partial charge in [0.2, 0.25) is 23.6 Å². The van der Waals surface area contributed by atoms with E-state index in [-0.39, 0.29) is 60.7 Å². The van der Waals surface area contributed by atoms with Crippen LogP contribution < -0.4 is 25.8 Å². The van der Waals surface area contributed by atoms with Gasteiger partial charge < -0.3 is 30.3 Å². The Kier molecular flexibility index (Phi) is 13.5. The first-order valence-electron chi connectivity index (χ1n) is 21.4. The number of hydrogen-bond donors (Lipinski definition) is 3. The maximum Gasteiger partial charge on any atom is 0.416 e. The standard InChI is InChI=1S/C46H52F3N7O7/c1-26(28-19-29(46(47,48)49)21-30(50)20-28)18-36-33-22-40(39(62-3)23-37(33)52-27(2)51-36)63-31-16-17-55(24-31)43(59)13-8-6-4-5-7-12-41(57)53-35-11-9-10-32-34(35)25-56(45(32)61)38-14-15-42(58)54-44(38)60/h9-11,19-23,26,31,38H,4-8,12-18,24-25,50H2,1-3H3,(H,53,57)(H,54,58,60)/t26-,31-,38?/m0/s1. The summed E-state index contributed by atoms with van der Waals surface area (Å²) in [6.45, 7) is 4.72. The molecule has 334 valence electrons. The normalized spacial score (nSPS) is 18.1. The molecule has 0 radical (unpaired) electrons. The Morgan fingerprint density at radius 1 is 0.984 bits per heavy atom. The second-order valence-electron chi connectivity index (χ2n) is 16.6. The molecule has 1 unspecified atom stereocenters. The van der Waals surface area contributed by atoms with Gasteiger partial charge in [0.05, 0.1) is 30.4 Å². The zero-order chi connectivity index (χ0) is 45.0. The summed E-state index contributed by atoms with van der Waals surface area (Å²) in [4.78, 5) is 75.7. The van der Waals surface area contributed by atoms with Crippen molar-refractivity contribution in [2.24, 2.45) is 0 Å². The lowest BCUT2D eigenvalue weighted by atomic mass is 9.92. The topological polar surface area (TPSA) is 186 Å². The molecule has 2 fully saturated rings. The summed E-state index contributed by atoms with van der Waals surface area (Å²) in [6, 6.07) is 11.6. The first kappa shape index (κ1) is 44.8. The summed E-state index contributed by atoms with van der Waals surface area (Å²) in [7, 11) is 1.53. The number of nitrogens with one attached hydrogen (secondary N) is 2. The van der Waals surface area contributed by atoms with E-state index < -0.39 is 23.7 Å². The zero-order valence-electron chi connectivity index (χ0n) is 35.6.